The minimum absolute atomic E-state index is 0.366. The molecule has 0 aromatic rings. The second kappa shape index (κ2) is 3.05. The molecule has 0 saturated heterocycles. The van der Waals surface area contributed by atoms with E-state index in [1.54, 1.807) is 0 Å². The van der Waals surface area contributed by atoms with Crippen LogP contribution in [0.1, 0.15) is 27.7 Å². The maximum Gasteiger partial charge on any atom is 0.399 e. The van der Waals surface area contributed by atoms with Crippen molar-refractivity contribution in [3.05, 3.63) is 0 Å². The molecule has 0 fully saturated rings. The zero-order valence-corrected chi connectivity index (χ0v) is 8.34. The van der Waals surface area contributed by atoms with Gasteiger partial charge in [0.1, 0.15) is 11.0 Å². The molecule has 1 nitrogen and oxygen atoms in total. The van der Waals surface area contributed by atoms with E-state index in [1.165, 1.54) is 0 Å². The van der Waals surface area contributed by atoms with Crippen molar-refractivity contribution in [1.82, 2.24) is 0 Å². The van der Waals surface area contributed by atoms with Crippen LogP contribution >= 0.6 is 0 Å². The molecule has 0 saturated carbocycles. The van der Waals surface area contributed by atoms with Crippen LogP contribution in [0, 0.1) is 5.41 Å². The molecule has 0 rings (SSSR count). The van der Waals surface area contributed by atoms with E-state index in [1.807, 2.05) is 0 Å². The lowest BCUT2D eigenvalue weighted by atomic mass is 9.77. The molecule has 0 heterocycles. The Morgan fingerprint density at radius 1 is 0.786 bits per heavy atom. The fraction of sp³-hybridized carbons (Fsp3) is 1.00. The average molecular weight is 220 g/mol. The summed E-state index contributed by atoms with van der Waals surface area (Å²) in [7, 11) is 0. The van der Waals surface area contributed by atoms with E-state index >= 15 is 0 Å². The highest BCUT2D eigenvalue weighted by Gasteiger charge is 2.68. The van der Waals surface area contributed by atoms with Gasteiger partial charge in [0.05, 0.1) is 0 Å². The Morgan fingerprint density at radius 3 is 1.14 bits per heavy atom. The number of rotatable bonds is 2. The fourth-order valence-corrected chi connectivity index (χ4v) is 0.943. The van der Waals surface area contributed by atoms with Crippen LogP contribution in [-0.4, -0.2) is 22.8 Å². The third-order valence-corrected chi connectivity index (χ3v) is 2.26. The third-order valence-electron chi connectivity index (χ3n) is 2.26. The van der Waals surface area contributed by atoms with Gasteiger partial charge in [-0.1, -0.05) is 0 Å². The van der Waals surface area contributed by atoms with Gasteiger partial charge in [0.15, 0.2) is 0 Å². The molecule has 0 aromatic carbocycles. The van der Waals surface area contributed by atoms with Crippen molar-refractivity contribution in [2.45, 2.75) is 45.4 Å². The summed E-state index contributed by atoms with van der Waals surface area (Å²) in [4.78, 5) is 0. The molecule has 1 N–H and O–H groups in total. The topological polar surface area (TPSA) is 20.2 Å². The van der Waals surface area contributed by atoms with Crippen LogP contribution in [0.2, 0.25) is 0 Å². The number of hydrogen-bond acceptors (Lipinski definition) is 1. The molecule has 0 unspecified atom stereocenters. The van der Waals surface area contributed by atoms with E-state index in [9.17, 15) is 22.0 Å². The minimum Gasteiger partial charge on any atom is -0.384 e. The standard InChI is InChI=1S/C8H13F5O/c1-5(2,8(11,12)13)7(9,10)6(3,4)14/h14H,1-4H3. The molecule has 0 aliphatic rings. The lowest BCUT2D eigenvalue weighted by molar-refractivity contribution is -0.324. The van der Waals surface area contributed by atoms with Gasteiger partial charge in [-0.25, -0.2) is 8.78 Å². The summed E-state index contributed by atoms with van der Waals surface area (Å²) < 4.78 is 63.3. The third kappa shape index (κ3) is 1.85. The Bertz CT molecular complexity index is 187. The van der Waals surface area contributed by atoms with Crippen molar-refractivity contribution in [3.63, 3.8) is 0 Å². The molecule has 0 spiro atoms. The quantitative estimate of drug-likeness (QED) is 0.709. The van der Waals surface area contributed by atoms with Crippen molar-refractivity contribution >= 4 is 0 Å². The predicted molar refractivity (Wildman–Crippen MR) is 41.1 cm³/mol. The largest absolute Gasteiger partial charge is 0.399 e. The molecule has 0 aliphatic heterocycles. The van der Waals surface area contributed by atoms with Crippen molar-refractivity contribution in [2.24, 2.45) is 5.41 Å². The number of aliphatic hydroxyl groups is 1. The molecule has 86 valence electrons. The van der Waals surface area contributed by atoms with Gasteiger partial charge in [0, 0.05) is 0 Å². The van der Waals surface area contributed by atoms with Crippen LogP contribution < -0.4 is 0 Å². The zero-order valence-electron chi connectivity index (χ0n) is 8.34. The number of alkyl halides is 5. The molecule has 0 radical (unpaired) electrons. The summed E-state index contributed by atoms with van der Waals surface area (Å²) in [5.41, 5.74) is -5.98. The smallest absolute Gasteiger partial charge is 0.384 e. The Kier molecular flexibility index (Phi) is 2.96. The van der Waals surface area contributed by atoms with Crippen molar-refractivity contribution in [3.8, 4) is 0 Å². The predicted octanol–water partition coefficient (Wildman–Crippen LogP) is 2.98. The van der Waals surface area contributed by atoms with Crippen LogP contribution in [0.4, 0.5) is 22.0 Å². The summed E-state index contributed by atoms with van der Waals surface area (Å²) in [6.07, 6.45) is -5.07. The van der Waals surface area contributed by atoms with Crippen LogP contribution in [0.3, 0.4) is 0 Å². The number of halogens is 5. The molecular formula is C8H13F5O. The molecule has 0 bridgehead atoms. The molecule has 0 amide bonds. The second-order valence-electron chi connectivity index (χ2n) is 4.26. The van der Waals surface area contributed by atoms with E-state index in [2.05, 4.69) is 0 Å². The lowest BCUT2D eigenvalue weighted by Gasteiger charge is -2.42. The average Bonchev–Trinajstić information content (AvgIpc) is 1.81. The fourth-order valence-electron chi connectivity index (χ4n) is 0.943. The van der Waals surface area contributed by atoms with E-state index < -0.39 is 23.1 Å². The van der Waals surface area contributed by atoms with Gasteiger partial charge in [-0.3, -0.25) is 0 Å². The zero-order chi connectivity index (χ0) is 12.0. The van der Waals surface area contributed by atoms with Gasteiger partial charge in [-0.05, 0) is 27.7 Å². The Morgan fingerprint density at radius 2 is 1.07 bits per heavy atom. The molecule has 14 heavy (non-hydrogen) atoms. The summed E-state index contributed by atoms with van der Waals surface area (Å²) in [5, 5.41) is 8.99. The van der Waals surface area contributed by atoms with Crippen LogP contribution in [0.5, 0.6) is 0 Å². The lowest BCUT2D eigenvalue weighted by Crippen LogP contribution is -2.58. The van der Waals surface area contributed by atoms with Crippen molar-refractivity contribution in [2.75, 3.05) is 0 Å². The van der Waals surface area contributed by atoms with Gasteiger partial charge in [-0.15, -0.1) is 0 Å². The molecule has 0 aliphatic carbocycles. The Labute approximate surface area is 78.9 Å². The first-order valence-corrected chi connectivity index (χ1v) is 3.92. The molecule has 0 aromatic heterocycles. The van der Waals surface area contributed by atoms with Crippen LogP contribution in [-0.2, 0) is 0 Å². The first kappa shape index (κ1) is 13.6. The van der Waals surface area contributed by atoms with Crippen LogP contribution in [0.15, 0.2) is 0 Å². The maximum atomic E-state index is 13.2. The molecular weight excluding hydrogens is 207 g/mol. The van der Waals surface area contributed by atoms with Gasteiger partial charge in [0.25, 0.3) is 5.92 Å². The first-order valence-electron chi connectivity index (χ1n) is 3.92. The maximum absolute atomic E-state index is 13.2. The van der Waals surface area contributed by atoms with E-state index in [0.717, 1.165) is 0 Å². The highest BCUT2D eigenvalue weighted by molar-refractivity contribution is 5.00. The summed E-state index contributed by atoms with van der Waals surface area (Å²) in [6, 6.07) is 0. The van der Waals surface area contributed by atoms with Gasteiger partial charge < -0.3 is 5.11 Å². The van der Waals surface area contributed by atoms with Crippen LogP contribution in [0.25, 0.3) is 0 Å². The normalized spacial score (nSPS) is 15.9. The summed E-state index contributed by atoms with van der Waals surface area (Å²) in [5.74, 6) is -4.25. The highest BCUT2D eigenvalue weighted by Crippen LogP contribution is 2.52. The van der Waals surface area contributed by atoms with Gasteiger partial charge in [0.2, 0.25) is 0 Å². The summed E-state index contributed by atoms with van der Waals surface area (Å²) >= 11 is 0. The molecule has 6 heteroatoms. The van der Waals surface area contributed by atoms with Crippen molar-refractivity contribution in [1.29, 1.82) is 0 Å². The monoisotopic (exact) mass is 220 g/mol. The molecule has 0 atom stereocenters. The SMILES string of the molecule is CC(C)(O)C(F)(F)C(C)(C)C(F)(F)F. The van der Waals surface area contributed by atoms with E-state index in [-0.39, 0.29) is 0 Å². The Hall–Kier alpha value is -0.390. The van der Waals surface area contributed by atoms with Gasteiger partial charge in [-0.2, -0.15) is 13.2 Å². The van der Waals surface area contributed by atoms with E-state index in [4.69, 9.17) is 5.11 Å². The summed E-state index contributed by atoms with van der Waals surface area (Å²) in [6.45, 7) is 2.04. The van der Waals surface area contributed by atoms with Crippen molar-refractivity contribution < 1.29 is 27.1 Å². The van der Waals surface area contributed by atoms with Gasteiger partial charge >= 0.3 is 6.18 Å². The highest BCUT2D eigenvalue weighted by atomic mass is 19.4. The first-order chi connectivity index (χ1) is 5.75. The minimum atomic E-state index is -5.07. The second-order valence-corrected chi connectivity index (χ2v) is 4.26. The Balaban J connectivity index is 5.30. The van der Waals surface area contributed by atoms with E-state index in [0.29, 0.717) is 27.7 Å². The number of hydrogen-bond donors (Lipinski definition) is 1.